The molecule has 5 unspecified atom stereocenters. The second-order valence-corrected chi connectivity index (χ2v) is 7.51. The molecule has 1 aromatic carbocycles. The molecule has 0 saturated heterocycles. The number of halogens is 5. The zero-order valence-electron chi connectivity index (χ0n) is 13.8. The fourth-order valence-corrected chi connectivity index (χ4v) is 4.69. The van der Waals surface area contributed by atoms with Gasteiger partial charge in [-0.25, -0.2) is 22.0 Å². The Labute approximate surface area is 139 Å². The summed E-state index contributed by atoms with van der Waals surface area (Å²) in [6.45, 7) is 2.00. The zero-order valence-corrected chi connectivity index (χ0v) is 13.8. The lowest BCUT2D eigenvalue weighted by atomic mass is 9.87. The molecule has 0 bridgehead atoms. The van der Waals surface area contributed by atoms with Gasteiger partial charge in [0.25, 0.3) is 0 Å². The zero-order chi connectivity index (χ0) is 17.5. The van der Waals surface area contributed by atoms with Crippen molar-refractivity contribution in [1.82, 2.24) is 0 Å². The Morgan fingerprint density at radius 2 is 1.75 bits per heavy atom. The van der Waals surface area contributed by atoms with Gasteiger partial charge in [-0.1, -0.05) is 13.3 Å². The molecule has 5 heteroatoms. The van der Waals surface area contributed by atoms with E-state index >= 15 is 4.39 Å². The summed E-state index contributed by atoms with van der Waals surface area (Å²) >= 11 is 0. The van der Waals surface area contributed by atoms with E-state index < -0.39 is 29.3 Å². The lowest BCUT2D eigenvalue weighted by Gasteiger charge is -2.26. The number of hydrogen-bond donors (Lipinski definition) is 0. The van der Waals surface area contributed by atoms with Crippen LogP contribution in [0.25, 0.3) is 0 Å². The summed E-state index contributed by atoms with van der Waals surface area (Å²) in [6.07, 6.45) is 2.10. The first kappa shape index (κ1) is 17.7. The highest BCUT2D eigenvalue weighted by atomic mass is 19.2. The summed E-state index contributed by atoms with van der Waals surface area (Å²) in [6, 6.07) is 1.90. The van der Waals surface area contributed by atoms with Crippen LogP contribution in [0.2, 0.25) is 0 Å². The van der Waals surface area contributed by atoms with Crippen LogP contribution in [0, 0.1) is 29.3 Å². The van der Waals surface area contributed by atoms with Gasteiger partial charge in [0.05, 0.1) is 0 Å². The molecule has 0 amide bonds. The van der Waals surface area contributed by atoms with E-state index in [4.69, 9.17) is 0 Å². The lowest BCUT2D eigenvalue weighted by Crippen LogP contribution is -2.30. The average Bonchev–Trinajstić information content (AvgIpc) is 2.79. The van der Waals surface area contributed by atoms with Crippen molar-refractivity contribution in [3.05, 3.63) is 35.1 Å². The summed E-state index contributed by atoms with van der Waals surface area (Å²) in [5.41, 5.74) is -1.36. The van der Waals surface area contributed by atoms with Crippen LogP contribution in [0.4, 0.5) is 22.0 Å². The highest BCUT2D eigenvalue weighted by Crippen LogP contribution is 2.54. The van der Waals surface area contributed by atoms with Crippen molar-refractivity contribution >= 4 is 0 Å². The molecule has 2 fully saturated rings. The Kier molecular flexibility index (Phi) is 4.89. The fraction of sp³-hybridized carbons (Fsp3) is 0.684. The van der Waals surface area contributed by atoms with Crippen LogP contribution < -0.4 is 0 Å². The van der Waals surface area contributed by atoms with E-state index in [9.17, 15) is 17.6 Å². The predicted molar refractivity (Wildman–Crippen MR) is 82.8 cm³/mol. The molecule has 0 N–H and O–H groups in total. The Hall–Kier alpha value is -1.13. The van der Waals surface area contributed by atoms with Gasteiger partial charge in [-0.2, -0.15) is 0 Å². The van der Waals surface area contributed by atoms with Crippen molar-refractivity contribution in [3.8, 4) is 0 Å². The predicted octanol–water partition coefficient (Wildman–Crippen LogP) is 6.24. The molecule has 134 valence electrons. The van der Waals surface area contributed by atoms with Crippen LogP contribution in [0.3, 0.4) is 0 Å². The maximum atomic E-state index is 15.4. The highest BCUT2D eigenvalue weighted by Gasteiger charge is 2.51. The quantitative estimate of drug-likeness (QED) is 0.449. The average molecular weight is 346 g/mol. The van der Waals surface area contributed by atoms with E-state index in [0.717, 1.165) is 25.0 Å². The van der Waals surface area contributed by atoms with Crippen LogP contribution >= 0.6 is 0 Å². The first-order valence-corrected chi connectivity index (χ1v) is 8.81. The number of alkyl halides is 2. The van der Waals surface area contributed by atoms with E-state index in [2.05, 4.69) is 0 Å². The molecule has 0 radical (unpaired) electrons. The molecule has 0 nitrogen and oxygen atoms in total. The van der Waals surface area contributed by atoms with Gasteiger partial charge in [-0.3, -0.25) is 0 Å². The van der Waals surface area contributed by atoms with Crippen LogP contribution in [-0.2, 0) is 0 Å². The molecule has 5 atom stereocenters. The highest BCUT2D eigenvalue weighted by molar-refractivity contribution is 5.26. The van der Waals surface area contributed by atoms with Gasteiger partial charge in [0.15, 0.2) is 17.5 Å². The topological polar surface area (TPSA) is 0 Å². The van der Waals surface area contributed by atoms with Crippen molar-refractivity contribution in [3.63, 3.8) is 0 Å². The number of fused-ring (bicyclic) bond motifs is 1. The molecule has 2 saturated carbocycles. The molecule has 1 aromatic rings. The van der Waals surface area contributed by atoms with Crippen molar-refractivity contribution in [2.24, 2.45) is 11.8 Å². The van der Waals surface area contributed by atoms with Crippen LogP contribution in [-0.4, -0.2) is 11.8 Å². The van der Waals surface area contributed by atoms with E-state index in [1.54, 1.807) is 0 Å². The Morgan fingerprint density at radius 3 is 2.38 bits per heavy atom. The molecule has 0 spiro atoms. The van der Waals surface area contributed by atoms with Gasteiger partial charge < -0.3 is 0 Å². The first-order chi connectivity index (χ1) is 11.3. The fourth-order valence-electron chi connectivity index (χ4n) is 4.69. The minimum absolute atomic E-state index is 0.0570. The van der Waals surface area contributed by atoms with Gasteiger partial charge >= 0.3 is 0 Å². The van der Waals surface area contributed by atoms with E-state index in [1.165, 1.54) is 0 Å². The summed E-state index contributed by atoms with van der Waals surface area (Å²) in [5.74, 6) is -4.79. The molecule has 3 rings (SSSR count). The molecule has 0 heterocycles. The maximum absolute atomic E-state index is 15.4. The molecule has 2 aliphatic carbocycles. The minimum Gasteiger partial charge on any atom is -0.247 e. The van der Waals surface area contributed by atoms with Crippen molar-refractivity contribution in [2.45, 2.75) is 69.6 Å². The molecular weight excluding hydrogens is 323 g/mol. The molecule has 0 aromatic heterocycles. The molecular formula is C19H23F5. The summed E-state index contributed by atoms with van der Waals surface area (Å²) in [4.78, 5) is 0. The Balaban J connectivity index is 1.80. The molecule has 2 aliphatic rings. The first-order valence-electron chi connectivity index (χ1n) is 8.81. The third-order valence-electron chi connectivity index (χ3n) is 5.96. The monoisotopic (exact) mass is 346 g/mol. The van der Waals surface area contributed by atoms with Gasteiger partial charge in [0, 0.05) is 6.42 Å². The molecule has 24 heavy (non-hydrogen) atoms. The maximum Gasteiger partial charge on any atom is 0.194 e. The Morgan fingerprint density at radius 1 is 1.08 bits per heavy atom. The smallest absolute Gasteiger partial charge is 0.194 e. The van der Waals surface area contributed by atoms with Gasteiger partial charge in [-0.15, -0.1) is 0 Å². The van der Waals surface area contributed by atoms with Crippen molar-refractivity contribution in [2.75, 3.05) is 0 Å². The summed E-state index contributed by atoms with van der Waals surface area (Å²) in [7, 11) is 0. The number of rotatable bonds is 3. The van der Waals surface area contributed by atoms with Gasteiger partial charge in [0.2, 0.25) is 0 Å². The number of benzene rings is 1. The van der Waals surface area contributed by atoms with E-state index in [-0.39, 0.29) is 36.2 Å². The van der Waals surface area contributed by atoms with Crippen molar-refractivity contribution in [1.29, 1.82) is 0 Å². The third-order valence-corrected chi connectivity index (χ3v) is 5.96. The standard InChI is InChI=1S/C19H23F5/c1-2-3-11-4-5-14-6-13(9-19(14,24)10-17(11)22)12-7-15(20)18(23)16(21)8-12/h7-8,11,13-14,17H,2-6,9-10H2,1H3. The second kappa shape index (κ2) is 6.64. The minimum atomic E-state index is -1.63. The van der Waals surface area contributed by atoms with Crippen molar-refractivity contribution < 1.29 is 22.0 Å². The lowest BCUT2D eigenvalue weighted by molar-refractivity contribution is 0.0666. The SMILES string of the molecule is CCCC1CCC2CC(c3cc(F)c(F)c(F)c3)CC2(F)CC1F. The summed E-state index contributed by atoms with van der Waals surface area (Å²) < 4.78 is 69.9. The second-order valence-electron chi connectivity index (χ2n) is 7.51. The molecule has 0 aliphatic heterocycles. The van der Waals surface area contributed by atoms with Crippen LogP contribution in [0.15, 0.2) is 12.1 Å². The largest absolute Gasteiger partial charge is 0.247 e. The Bertz CT molecular complexity index is 578. The number of hydrogen-bond acceptors (Lipinski definition) is 0. The van der Waals surface area contributed by atoms with Crippen LogP contribution in [0.5, 0.6) is 0 Å². The van der Waals surface area contributed by atoms with Gasteiger partial charge in [-0.05, 0) is 67.6 Å². The van der Waals surface area contributed by atoms with Gasteiger partial charge in [0.1, 0.15) is 11.8 Å². The normalized spacial score (nSPS) is 36.4. The third kappa shape index (κ3) is 3.18. The summed E-state index contributed by atoms with van der Waals surface area (Å²) in [5, 5.41) is 0. The van der Waals surface area contributed by atoms with E-state index in [0.29, 0.717) is 19.3 Å². The van der Waals surface area contributed by atoms with Crippen LogP contribution in [0.1, 0.15) is 63.4 Å². The van der Waals surface area contributed by atoms with E-state index in [1.807, 2.05) is 6.92 Å².